The van der Waals surface area contributed by atoms with Crippen molar-refractivity contribution in [3.05, 3.63) is 54.5 Å². The number of imidazole rings is 1. The highest BCUT2D eigenvalue weighted by atomic mass is 19.1. The molecule has 0 saturated carbocycles. The van der Waals surface area contributed by atoms with E-state index in [2.05, 4.69) is 15.3 Å². The molecule has 0 radical (unpaired) electrons. The lowest BCUT2D eigenvalue weighted by molar-refractivity contribution is -0.130. The smallest absolute Gasteiger partial charge is 0.414 e. The van der Waals surface area contributed by atoms with Crippen molar-refractivity contribution < 1.29 is 28.2 Å². The summed E-state index contributed by atoms with van der Waals surface area (Å²) < 4.78 is 27.4. The Bertz CT molecular complexity index is 1330. The van der Waals surface area contributed by atoms with Crippen LogP contribution in [0.1, 0.15) is 10.5 Å². The Morgan fingerprint density at radius 2 is 2.05 bits per heavy atom. The van der Waals surface area contributed by atoms with Crippen LogP contribution in [-0.2, 0) is 14.3 Å². The zero-order chi connectivity index (χ0) is 27.4. The number of nitrogens with one attached hydrogen (secondary N) is 1. The van der Waals surface area contributed by atoms with Crippen LogP contribution >= 0.6 is 0 Å². The summed E-state index contributed by atoms with van der Waals surface area (Å²) in [6.07, 6.45) is 5.37. The molecule has 0 bridgehead atoms. The third-order valence-corrected chi connectivity index (χ3v) is 6.55. The molecule has 1 unspecified atom stereocenters. The van der Waals surface area contributed by atoms with Gasteiger partial charge in [-0.1, -0.05) is 0 Å². The van der Waals surface area contributed by atoms with E-state index in [9.17, 15) is 14.4 Å². The van der Waals surface area contributed by atoms with E-state index in [-0.39, 0.29) is 31.3 Å². The third-order valence-electron chi connectivity index (χ3n) is 6.55. The number of anilines is 2. The minimum absolute atomic E-state index is 0.168. The molecule has 39 heavy (non-hydrogen) atoms. The van der Waals surface area contributed by atoms with Gasteiger partial charge in [-0.2, -0.15) is 0 Å². The number of rotatable bonds is 9. The maximum Gasteiger partial charge on any atom is 0.414 e. The average Bonchev–Trinajstić information content (AvgIpc) is 3.55. The standard InChI is InChI=1S/C25H29FN8O5/c26-19-11-17(34-14-18(39-25(34)37)16-38-10-3-27)1-2-21(19)31-6-8-32(9-7-31)23(35)13-29-24(36)20-15-33-5-4-28-12-22(33)30-20/h1-2,4-5,11-12,15,18H,3,6-10,13-14,16,27H2,(H,29,36). The molecule has 3 amide bonds. The summed E-state index contributed by atoms with van der Waals surface area (Å²) in [5.74, 6) is -1.16. The van der Waals surface area contributed by atoms with Crippen molar-refractivity contribution in [1.82, 2.24) is 24.6 Å². The number of nitrogens with two attached hydrogens (primary N) is 1. The number of fused-ring (bicyclic) bond motifs is 1. The van der Waals surface area contributed by atoms with Gasteiger partial charge in [0.25, 0.3) is 5.91 Å². The van der Waals surface area contributed by atoms with Crippen LogP contribution in [-0.4, -0.2) is 102 Å². The molecule has 2 saturated heterocycles. The van der Waals surface area contributed by atoms with Gasteiger partial charge in [0.1, 0.15) is 17.6 Å². The fourth-order valence-electron chi connectivity index (χ4n) is 4.54. The van der Waals surface area contributed by atoms with Crippen molar-refractivity contribution in [2.45, 2.75) is 6.10 Å². The minimum Gasteiger partial charge on any atom is -0.441 e. The quantitative estimate of drug-likeness (QED) is 0.365. The van der Waals surface area contributed by atoms with Gasteiger partial charge in [0.15, 0.2) is 5.65 Å². The highest BCUT2D eigenvalue weighted by Gasteiger charge is 2.33. The number of hydrogen-bond donors (Lipinski definition) is 2. The van der Waals surface area contributed by atoms with Gasteiger partial charge in [0, 0.05) is 51.3 Å². The van der Waals surface area contributed by atoms with Gasteiger partial charge in [-0.3, -0.25) is 19.5 Å². The van der Waals surface area contributed by atoms with Crippen molar-refractivity contribution in [2.24, 2.45) is 5.73 Å². The number of piperazine rings is 1. The number of ether oxygens (including phenoxy) is 2. The number of halogens is 1. The third kappa shape index (κ3) is 5.91. The van der Waals surface area contributed by atoms with Crippen molar-refractivity contribution in [1.29, 1.82) is 0 Å². The molecule has 1 atom stereocenters. The SMILES string of the molecule is NCCOCC1CN(c2ccc(N3CCN(C(=O)CNC(=O)c4cn5ccncc5n4)CC3)c(F)c2)C(=O)O1. The Morgan fingerprint density at radius 3 is 2.79 bits per heavy atom. The summed E-state index contributed by atoms with van der Waals surface area (Å²) in [7, 11) is 0. The van der Waals surface area contributed by atoms with Crippen LogP contribution in [0.3, 0.4) is 0 Å². The van der Waals surface area contributed by atoms with Crippen LogP contribution in [0.5, 0.6) is 0 Å². The van der Waals surface area contributed by atoms with Gasteiger partial charge < -0.3 is 34.7 Å². The Balaban J connectivity index is 1.11. The first kappa shape index (κ1) is 26.3. The molecule has 14 heteroatoms. The molecule has 3 N–H and O–H groups in total. The highest BCUT2D eigenvalue weighted by Crippen LogP contribution is 2.28. The molecular weight excluding hydrogens is 511 g/mol. The van der Waals surface area contributed by atoms with Gasteiger partial charge in [-0.15, -0.1) is 0 Å². The number of carbonyl (C=O) groups excluding carboxylic acids is 3. The average molecular weight is 541 g/mol. The van der Waals surface area contributed by atoms with E-state index in [0.29, 0.717) is 56.4 Å². The molecule has 0 aliphatic carbocycles. The van der Waals surface area contributed by atoms with E-state index in [1.54, 1.807) is 40.0 Å². The lowest BCUT2D eigenvalue weighted by Crippen LogP contribution is -2.51. The molecule has 2 aliphatic rings. The highest BCUT2D eigenvalue weighted by molar-refractivity contribution is 5.95. The number of aromatic nitrogens is 3. The summed E-state index contributed by atoms with van der Waals surface area (Å²) in [6, 6.07) is 4.60. The first-order valence-corrected chi connectivity index (χ1v) is 12.6. The normalized spacial score (nSPS) is 17.5. The Morgan fingerprint density at radius 1 is 1.23 bits per heavy atom. The number of benzene rings is 1. The number of carbonyl (C=O) groups is 3. The second-order valence-electron chi connectivity index (χ2n) is 9.13. The van der Waals surface area contributed by atoms with Crippen molar-refractivity contribution in [3.63, 3.8) is 0 Å². The van der Waals surface area contributed by atoms with Crippen LogP contribution in [0, 0.1) is 5.82 Å². The number of cyclic esters (lactones) is 1. The maximum atomic E-state index is 15.1. The molecule has 1 aromatic carbocycles. The minimum atomic E-state index is -0.555. The summed E-state index contributed by atoms with van der Waals surface area (Å²) in [5.41, 5.74) is 6.91. The molecule has 2 aliphatic heterocycles. The second kappa shape index (κ2) is 11.6. The van der Waals surface area contributed by atoms with Gasteiger partial charge >= 0.3 is 6.09 Å². The van der Waals surface area contributed by atoms with Crippen LogP contribution in [0.15, 0.2) is 43.0 Å². The first-order chi connectivity index (χ1) is 18.9. The predicted octanol–water partition coefficient (Wildman–Crippen LogP) is 0.248. The molecule has 3 aromatic rings. The lowest BCUT2D eigenvalue weighted by Gasteiger charge is -2.36. The molecule has 2 aromatic heterocycles. The fraction of sp³-hybridized carbons (Fsp3) is 0.400. The summed E-state index contributed by atoms with van der Waals surface area (Å²) in [5, 5.41) is 2.61. The van der Waals surface area contributed by atoms with Crippen molar-refractivity contribution >= 4 is 34.9 Å². The largest absolute Gasteiger partial charge is 0.441 e. The van der Waals surface area contributed by atoms with Gasteiger partial charge in [-0.05, 0) is 18.2 Å². The van der Waals surface area contributed by atoms with E-state index in [1.165, 1.54) is 17.2 Å². The second-order valence-corrected chi connectivity index (χ2v) is 9.13. The lowest BCUT2D eigenvalue weighted by atomic mass is 10.2. The van der Waals surface area contributed by atoms with E-state index in [4.69, 9.17) is 15.2 Å². The summed E-state index contributed by atoms with van der Waals surface area (Å²) in [6.45, 7) is 2.64. The monoisotopic (exact) mass is 540 g/mol. The predicted molar refractivity (Wildman–Crippen MR) is 138 cm³/mol. The van der Waals surface area contributed by atoms with E-state index < -0.39 is 23.9 Å². The van der Waals surface area contributed by atoms with Crippen molar-refractivity contribution in [3.8, 4) is 0 Å². The zero-order valence-electron chi connectivity index (χ0n) is 21.2. The topological polar surface area (TPSA) is 148 Å². The van der Waals surface area contributed by atoms with Crippen molar-refractivity contribution in [2.75, 3.05) is 68.8 Å². The first-order valence-electron chi connectivity index (χ1n) is 12.6. The van der Waals surface area contributed by atoms with Gasteiger partial charge in [0.05, 0.1) is 43.9 Å². The van der Waals surface area contributed by atoms with E-state index in [0.717, 1.165) is 0 Å². The molecular formula is C25H29FN8O5. The fourth-order valence-corrected chi connectivity index (χ4v) is 4.54. The Labute approximate surface area is 223 Å². The molecule has 4 heterocycles. The number of nitrogens with zero attached hydrogens (tertiary/aromatic N) is 6. The van der Waals surface area contributed by atoms with Crippen LogP contribution < -0.4 is 20.9 Å². The van der Waals surface area contributed by atoms with E-state index >= 15 is 4.39 Å². The molecule has 2 fully saturated rings. The molecule has 206 valence electrons. The molecule has 13 nitrogen and oxygen atoms in total. The van der Waals surface area contributed by atoms with Crippen LogP contribution in [0.2, 0.25) is 0 Å². The van der Waals surface area contributed by atoms with Gasteiger partial charge in [0.2, 0.25) is 5.91 Å². The maximum absolute atomic E-state index is 15.1. The van der Waals surface area contributed by atoms with Crippen LogP contribution in [0.25, 0.3) is 5.65 Å². The summed E-state index contributed by atoms with van der Waals surface area (Å²) >= 11 is 0. The number of amides is 3. The zero-order valence-corrected chi connectivity index (χ0v) is 21.2. The van der Waals surface area contributed by atoms with E-state index in [1.807, 2.05) is 4.90 Å². The molecule has 5 rings (SSSR count). The molecule has 0 spiro atoms. The Kier molecular flexibility index (Phi) is 7.84. The van der Waals surface area contributed by atoms with Gasteiger partial charge in [-0.25, -0.2) is 14.2 Å². The van der Waals surface area contributed by atoms with Crippen LogP contribution in [0.4, 0.5) is 20.6 Å². The number of hydrogen-bond acceptors (Lipinski definition) is 9. The Hall–Kier alpha value is -4.30. The summed E-state index contributed by atoms with van der Waals surface area (Å²) in [4.78, 5) is 50.3.